The summed E-state index contributed by atoms with van der Waals surface area (Å²) in [5, 5.41) is 11.8. The van der Waals surface area contributed by atoms with Crippen LogP contribution in [-0.4, -0.2) is 54.9 Å². The molecule has 6 nitrogen and oxygen atoms in total. The Bertz CT molecular complexity index is 352. The lowest BCUT2D eigenvalue weighted by molar-refractivity contribution is -0.138. The summed E-state index contributed by atoms with van der Waals surface area (Å²) in [4.78, 5) is 24.9. The lowest BCUT2D eigenvalue weighted by atomic mass is 9.85. The summed E-state index contributed by atoms with van der Waals surface area (Å²) in [5.41, 5.74) is -0.292. The molecule has 0 aromatic carbocycles. The van der Waals surface area contributed by atoms with Crippen molar-refractivity contribution in [3.05, 3.63) is 0 Å². The average Bonchev–Trinajstić information content (AvgIpc) is 2.75. The maximum atomic E-state index is 12.2. The van der Waals surface area contributed by atoms with Crippen molar-refractivity contribution in [3.8, 4) is 0 Å². The fourth-order valence-corrected chi connectivity index (χ4v) is 2.38. The van der Waals surface area contributed by atoms with Crippen LogP contribution in [0.1, 0.15) is 33.6 Å². The zero-order valence-corrected chi connectivity index (χ0v) is 12.8. The zero-order chi connectivity index (χ0) is 15.3. The van der Waals surface area contributed by atoms with Gasteiger partial charge in [-0.3, -0.25) is 4.79 Å². The van der Waals surface area contributed by atoms with Gasteiger partial charge in [0.25, 0.3) is 0 Å². The molecule has 6 heteroatoms. The molecule has 1 rings (SSSR count). The van der Waals surface area contributed by atoms with E-state index in [9.17, 15) is 9.59 Å². The first-order chi connectivity index (χ1) is 9.24. The lowest BCUT2D eigenvalue weighted by Gasteiger charge is -2.32. The van der Waals surface area contributed by atoms with Gasteiger partial charge in [-0.1, -0.05) is 20.8 Å². The number of hydrogen-bond donors (Lipinski definition) is 2. The van der Waals surface area contributed by atoms with Crippen molar-refractivity contribution in [2.75, 3.05) is 26.8 Å². The summed E-state index contributed by atoms with van der Waals surface area (Å²) in [6.07, 6.45) is 0.866. The minimum atomic E-state index is -0.899. The summed E-state index contributed by atoms with van der Waals surface area (Å²) in [7, 11) is 1.66. The van der Waals surface area contributed by atoms with E-state index in [-0.39, 0.29) is 23.9 Å². The molecule has 0 spiro atoms. The number of ether oxygens (including phenoxy) is 1. The van der Waals surface area contributed by atoms with Gasteiger partial charge in [0.15, 0.2) is 0 Å². The van der Waals surface area contributed by atoms with E-state index in [2.05, 4.69) is 5.32 Å². The third kappa shape index (κ3) is 5.00. The highest BCUT2D eigenvalue weighted by Crippen LogP contribution is 2.23. The third-order valence-corrected chi connectivity index (χ3v) is 3.70. The van der Waals surface area contributed by atoms with Gasteiger partial charge in [0, 0.05) is 32.2 Å². The molecule has 2 amide bonds. The number of carbonyl (C=O) groups is 2. The number of rotatable bonds is 5. The number of likely N-dealkylation sites (tertiary alicyclic amines) is 1. The number of urea groups is 1. The number of methoxy groups -OCH3 is 1. The van der Waals surface area contributed by atoms with E-state index in [1.54, 1.807) is 12.0 Å². The number of aliphatic carboxylic acids is 1. The topological polar surface area (TPSA) is 78.9 Å². The van der Waals surface area contributed by atoms with Gasteiger partial charge in [0.05, 0.1) is 13.0 Å². The summed E-state index contributed by atoms with van der Waals surface area (Å²) in [6, 6.07) is -0.557. The molecule has 116 valence electrons. The van der Waals surface area contributed by atoms with Gasteiger partial charge in [0.1, 0.15) is 0 Å². The van der Waals surface area contributed by atoms with Crippen LogP contribution >= 0.6 is 0 Å². The predicted molar refractivity (Wildman–Crippen MR) is 75.6 cm³/mol. The van der Waals surface area contributed by atoms with Crippen LogP contribution in [0.5, 0.6) is 0 Å². The molecule has 0 aliphatic carbocycles. The number of nitrogens with zero attached hydrogens (tertiary/aromatic N) is 1. The van der Waals surface area contributed by atoms with Crippen molar-refractivity contribution in [1.82, 2.24) is 10.2 Å². The summed E-state index contributed by atoms with van der Waals surface area (Å²) in [6.45, 7) is 7.81. The van der Waals surface area contributed by atoms with Crippen LogP contribution in [-0.2, 0) is 9.53 Å². The van der Waals surface area contributed by atoms with Crippen molar-refractivity contribution in [2.45, 2.75) is 39.7 Å². The molecule has 1 aliphatic heterocycles. The van der Waals surface area contributed by atoms with Crippen LogP contribution in [0, 0.1) is 11.3 Å². The molecule has 1 fully saturated rings. The molecule has 20 heavy (non-hydrogen) atoms. The first kappa shape index (κ1) is 16.8. The van der Waals surface area contributed by atoms with Crippen LogP contribution in [0.3, 0.4) is 0 Å². The van der Waals surface area contributed by atoms with Gasteiger partial charge in [-0.25, -0.2) is 4.79 Å². The smallest absolute Gasteiger partial charge is 0.317 e. The van der Waals surface area contributed by atoms with Crippen molar-refractivity contribution < 1.29 is 19.4 Å². The molecular weight excluding hydrogens is 260 g/mol. The first-order valence-electron chi connectivity index (χ1n) is 7.00. The summed E-state index contributed by atoms with van der Waals surface area (Å²) < 4.78 is 5.11. The zero-order valence-electron chi connectivity index (χ0n) is 12.8. The number of carboxylic acids is 1. The van der Waals surface area contributed by atoms with E-state index in [1.165, 1.54) is 0 Å². The second-order valence-corrected chi connectivity index (χ2v) is 6.52. The van der Waals surface area contributed by atoms with Crippen molar-refractivity contribution in [3.63, 3.8) is 0 Å². The molecule has 2 atom stereocenters. The Balaban J connectivity index is 2.56. The molecule has 0 radical (unpaired) electrons. The second-order valence-electron chi connectivity index (χ2n) is 6.52. The molecule has 2 N–H and O–H groups in total. The summed E-state index contributed by atoms with van der Waals surface area (Å²) in [5.74, 6) is -0.526. The molecule has 0 aromatic heterocycles. The van der Waals surface area contributed by atoms with Crippen molar-refractivity contribution >= 4 is 12.0 Å². The highest BCUT2D eigenvalue weighted by atomic mass is 16.5. The number of amides is 2. The fourth-order valence-electron chi connectivity index (χ4n) is 2.38. The maximum Gasteiger partial charge on any atom is 0.317 e. The lowest BCUT2D eigenvalue weighted by Crippen LogP contribution is -2.50. The number of hydrogen-bond acceptors (Lipinski definition) is 3. The largest absolute Gasteiger partial charge is 0.481 e. The van der Waals surface area contributed by atoms with Crippen LogP contribution in [0.2, 0.25) is 0 Å². The molecular formula is C14H26N2O4. The Morgan fingerprint density at radius 2 is 2.10 bits per heavy atom. The quantitative estimate of drug-likeness (QED) is 0.804. The average molecular weight is 286 g/mol. The van der Waals surface area contributed by atoms with Gasteiger partial charge < -0.3 is 20.1 Å². The third-order valence-electron chi connectivity index (χ3n) is 3.70. The minimum absolute atomic E-state index is 0.0649. The standard InChI is InChI=1S/C14H26N2O4/c1-14(2,3)11(7-12(17)18)15-13(19)16-6-5-10(8-16)9-20-4/h10-11H,5-9H2,1-4H3,(H,15,19)(H,17,18). The van der Waals surface area contributed by atoms with Crippen LogP contribution < -0.4 is 5.32 Å². The highest BCUT2D eigenvalue weighted by molar-refractivity contribution is 5.76. The normalized spacial score (nSPS) is 20.8. The van der Waals surface area contributed by atoms with Gasteiger partial charge >= 0.3 is 12.0 Å². The molecule has 0 aromatic rings. The number of carboxylic acid groups (broad SMARTS) is 1. The Morgan fingerprint density at radius 1 is 1.45 bits per heavy atom. The maximum absolute atomic E-state index is 12.2. The Labute approximate surface area is 120 Å². The Hall–Kier alpha value is -1.30. The molecule has 0 saturated carbocycles. The minimum Gasteiger partial charge on any atom is -0.481 e. The fraction of sp³-hybridized carbons (Fsp3) is 0.857. The van der Waals surface area contributed by atoms with E-state index < -0.39 is 5.97 Å². The van der Waals surface area contributed by atoms with Crippen molar-refractivity contribution in [1.29, 1.82) is 0 Å². The van der Waals surface area contributed by atoms with Gasteiger partial charge in [-0.05, 0) is 11.8 Å². The highest BCUT2D eigenvalue weighted by Gasteiger charge is 2.32. The van der Waals surface area contributed by atoms with Gasteiger partial charge in [-0.15, -0.1) is 0 Å². The second kappa shape index (κ2) is 6.92. The number of nitrogens with one attached hydrogen (secondary N) is 1. The van der Waals surface area contributed by atoms with E-state index in [4.69, 9.17) is 9.84 Å². The van der Waals surface area contributed by atoms with E-state index in [0.29, 0.717) is 25.6 Å². The van der Waals surface area contributed by atoms with Gasteiger partial charge in [0.2, 0.25) is 0 Å². The molecule has 2 unspecified atom stereocenters. The van der Waals surface area contributed by atoms with E-state index in [0.717, 1.165) is 6.42 Å². The van der Waals surface area contributed by atoms with Gasteiger partial charge in [-0.2, -0.15) is 0 Å². The van der Waals surface area contributed by atoms with Crippen LogP contribution in [0.4, 0.5) is 4.79 Å². The molecule has 0 bridgehead atoms. The number of carbonyl (C=O) groups excluding carboxylic acids is 1. The van der Waals surface area contributed by atoms with Crippen LogP contribution in [0.15, 0.2) is 0 Å². The SMILES string of the molecule is COCC1CCN(C(=O)NC(CC(=O)O)C(C)(C)C)C1. The monoisotopic (exact) mass is 286 g/mol. The Kier molecular flexibility index (Phi) is 5.80. The molecule has 1 saturated heterocycles. The Morgan fingerprint density at radius 3 is 2.60 bits per heavy atom. The van der Waals surface area contributed by atoms with E-state index >= 15 is 0 Å². The summed E-state index contributed by atoms with van der Waals surface area (Å²) >= 11 is 0. The predicted octanol–water partition coefficient (Wildman–Crippen LogP) is 1.55. The van der Waals surface area contributed by atoms with E-state index in [1.807, 2.05) is 20.8 Å². The van der Waals surface area contributed by atoms with Crippen LogP contribution in [0.25, 0.3) is 0 Å². The first-order valence-corrected chi connectivity index (χ1v) is 7.00. The van der Waals surface area contributed by atoms with Crippen molar-refractivity contribution in [2.24, 2.45) is 11.3 Å². The molecule has 1 aliphatic rings. The molecule has 1 heterocycles.